The number of hydrogen-bond acceptors (Lipinski definition) is 4. The summed E-state index contributed by atoms with van der Waals surface area (Å²) in [6.45, 7) is 4.04. The third kappa shape index (κ3) is 6.80. The molecule has 0 bridgehead atoms. The smallest absolute Gasteiger partial charge is 0.223 e. The number of ether oxygens (including phenoxy) is 1. The van der Waals surface area contributed by atoms with Gasteiger partial charge in [-0.05, 0) is 56.5 Å². The molecule has 2 fully saturated rings. The SMILES string of the molecule is CN(Cc1ccccc1)C(=O)CC1(COc2ccccc2)CCN(Cc2cnn(C3CCCC3)c2)CC1. The molecule has 0 radical (unpaired) electrons. The number of carbonyl (C=O) groups excluding carboxylic acids is 1. The molecule has 1 saturated heterocycles. The summed E-state index contributed by atoms with van der Waals surface area (Å²) in [5, 5.41) is 4.67. The van der Waals surface area contributed by atoms with Gasteiger partial charge in [-0.2, -0.15) is 5.10 Å². The van der Waals surface area contributed by atoms with Crippen LogP contribution in [0.1, 0.15) is 62.1 Å². The predicted octanol–water partition coefficient (Wildman–Crippen LogP) is 5.71. The Morgan fingerprint density at radius 1 is 1.00 bits per heavy atom. The van der Waals surface area contributed by atoms with Crippen LogP contribution in [-0.2, 0) is 17.9 Å². The summed E-state index contributed by atoms with van der Waals surface area (Å²) in [6.07, 6.45) is 11.8. The number of piperidine rings is 1. The van der Waals surface area contributed by atoms with Crippen LogP contribution < -0.4 is 4.74 Å². The molecule has 1 aromatic heterocycles. The van der Waals surface area contributed by atoms with E-state index in [1.54, 1.807) is 0 Å². The number of rotatable bonds is 10. The Hall–Kier alpha value is -3.12. The van der Waals surface area contributed by atoms with Crippen molar-refractivity contribution >= 4 is 5.91 Å². The van der Waals surface area contributed by atoms with E-state index in [1.165, 1.54) is 31.2 Å². The Labute approximate surface area is 221 Å². The molecule has 37 heavy (non-hydrogen) atoms. The molecule has 2 aliphatic rings. The van der Waals surface area contributed by atoms with Gasteiger partial charge < -0.3 is 9.64 Å². The minimum Gasteiger partial charge on any atom is -0.493 e. The molecule has 1 amide bonds. The molecule has 5 rings (SSSR count). The lowest BCUT2D eigenvalue weighted by atomic mass is 9.75. The highest BCUT2D eigenvalue weighted by Gasteiger charge is 2.38. The molecule has 2 aromatic carbocycles. The van der Waals surface area contributed by atoms with E-state index in [2.05, 4.69) is 33.0 Å². The van der Waals surface area contributed by atoms with Crippen molar-refractivity contribution in [2.45, 2.75) is 64.1 Å². The number of hydrogen-bond donors (Lipinski definition) is 0. The molecule has 3 aromatic rings. The first-order chi connectivity index (χ1) is 18.1. The van der Waals surface area contributed by atoms with Gasteiger partial charge >= 0.3 is 0 Å². The summed E-state index contributed by atoms with van der Waals surface area (Å²) in [7, 11) is 1.91. The molecule has 1 saturated carbocycles. The van der Waals surface area contributed by atoms with Gasteiger partial charge in [0.15, 0.2) is 0 Å². The van der Waals surface area contributed by atoms with Crippen molar-refractivity contribution in [3.05, 3.63) is 84.2 Å². The van der Waals surface area contributed by atoms with Crippen molar-refractivity contribution in [3.8, 4) is 5.75 Å². The van der Waals surface area contributed by atoms with Gasteiger partial charge in [-0.15, -0.1) is 0 Å². The van der Waals surface area contributed by atoms with Gasteiger partial charge in [0.2, 0.25) is 5.91 Å². The first kappa shape index (κ1) is 25.5. The lowest BCUT2D eigenvalue weighted by molar-refractivity contribution is -0.134. The summed E-state index contributed by atoms with van der Waals surface area (Å²) in [4.78, 5) is 17.8. The van der Waals surface area contributed by atoms with E-state index in [9.17, 15) is 4.79 Å². The van der Waals surface area contributed by atoms with Crippen LogP contribution in [0.25, 0.3) is 0 Å². The second kappa shape index (κ2) is 12.0. The Bertz CT molecular complexity index is 1120. The Balaban J connectivity index is 1.21. The molecule has 2 heterocycles. The minimum absolute atomic E-state index is 0.164. The van der Waals surface area contributed by atoms with E-state index in [4.69, 9.17) is 4.74 Å². The highest BCUT2D eigenvalue weighted by atomic mass is 16.5. The first-order valence-corrected chi connectivity index (χ1v) is 13.8. The van der Waals surface area contributed by atoms with Gasteiger partial charge in [-0.1, -0.05) is 61.4 Å². The minimum atomic E-state index is -0.164. The second-order valence-corrected chi connectivity index (χ2v) is 11.1. The summed E-state index contributed by atoms with van der Waals surface area (Å²) < 4.78 is 8.44. The monoisotopic (exact) mass is 500 g/mol. The summed E-state index contributed by atoms with van der Waals surface area (Å²) in [5.41, 5.74) is 2.28. The molecule has 196 valence electrons. The standard InChI is InChI=1S/C31H40N4O2/c1-33(22-26-10-4-2-5-11-26)30(36)20-31(25-37-29-14-6-3-7-15-29)16-18-34(19-17-31)23-27-21-32-35(24-27)28-12-8-9-13-28/h2-7,10-11,14-15,21,24,28H,8-9,12-13,16-20,22-23,25H2,1H3. The summed E-state index contributed by atoms with van der Waals surface area (Å²) in [5.74, 6) is 1.06. The lowest BCUT2D eigenvalue weighted by Crippen LogP contribution is -2.45. The van der Waals surface area contributed by atoms with E-state index in [-0.39, 0.29) is 11.3 Å². The normalized spacial score (nSPS) is 18.1. The second-order valence-electron chi connectivity index (χ2n) is 11.1. The number of likely N-dealkylation sites (tertiary alicyclic amines) is 1. The molecule has 0 atom stereocenters. The van der Waals surface area contributed by atoms with Gasteiger partial charge in [0, 0.05) is 43.7 Å². The van der Waals surface area contributed by atoms with Crippen molar-refractivity contribution in [1.82, 2.24) is 19.6 Å². The van der Waals surface area contributed by atoms with Gasteiger partial charge in [0.05, 0.1) is 18.8 Å². The van der Waals surface area contributed by atoms with E-state index in [0.717, 1.165) is 43.8 Å². The number of nitrogens with zero attached hydrogens (tertiary/aromatic N) is 4. The first-order valence-electron chi connectivity index (χ1n) is 13.8. The van der Waals surface area contributed by atoms with Crippen LogP contribution in [0, 0.1) is 5.41 Å². The van der Waals surface area contributed by atoms with Crippen LogP contribution >= 0.6 is 0 Å². The molecule has 0 N–H and O–H groups in total. The number of amides is 1. The zero-order valence-corrected chi connectivity index (χ0v) is 22.1. The van der Waals surface area contributed by atoms with Crippen molar-refractivity contribution in [3.63, 3.8) is 0 Å². The van der Waals surface area contributed by atoms with Crippen molar-refractivity contribution in [1.29, 1.82) is 0 Å². The zero-order valence-electron chi connectivity index (χ0n) is 22.1. The van der Waals surface area contributed by atoms with Crippen molar-refractivity contribution in [2.24, 2.45) is 5.41 Å². The molecule has 1 aliphatic carbocycles. The van der Waals surface area contributed by atoms with Gasteiger partial charge in [-0.3, -0.25) is 14.4 Å². The van der Waals surface area contributed by atoms with Gasteiger partial charge in [-0.25, -0.2) is 0 Å². The van der Waals surface area contributed by atoms with Crippen LogP contribution in [0.3, 0.4) is 0 Å². The fourth-order valence-corrected chi connectivity index (χ4v) is 5.80. The van der Waals surface area contributed by atoms with E-state index < -0.39 is 0 Å². The van der Waals surface area contributed by atoms with Crippen LogP contribution in [0.4, 0.5) is 0 Å². The van der Waals surface area contributed by atoms with E-state index in [0.29, 0.717) is 25.6 Å². The molecule has 1 aliphatic heterocycles. The molecular formula is C31H40N4O2. The third-order valence-electron chi connectivity index (χ3n) is 8.18. The highest BCUT2D eigenvalue weighted by Crippen LogP contribution is 2.37. The topological polar surface area (TPSA) is 50.6 Å². The quantitative estimate of drug-likeness (QED) is 0.358. The lowest BCUT2D eigenvalue weighted by Gasteiger charge is -2.41. The van der Waals surface area contributed by atoms with Gasteiger partial charge in [0.1, 0.15) is 5.75 Å². The van der Waals surface area contributed by atoms with E-state index in [1.807, 2.05) is 66.7 Å². The summed E-state index contributed by atoms with van der Waals surface area (Å²) in [6, 6.07) is 20.8. The fourth-order valence-electron chi connectivity index (χ4n) is 5.80. The Morgan fingerprint density at radius 3 is 2.38 bits per heavy atom. The maximum atomic E-state index is 13.4. The van der Waals surface area contributed by atoms with Crippen LogP contribution in [0.2, 0.25) is 0 Å². The predicted molar refractivity (Wildman–Crippen MR) is 146 cm³/mol. The largest absolute Gasteiger partial charge is 0.493 e. The highest BCUT2D eigenvalue weighted by molar-refractivity contribution is 5.76. The van der Waals surface area contributed by atoms with E-state index >= 15 is 0 Å². The number of carbonyl (C=O) groups is 1. The zero-order chi connectivity index (χ0) is 25.5. The molecule has 0 unspecified atom stereocenters. The Kier molecular flexibility index (Phi) is 8.24. The summed E-state index contributed by atoms with van der Waals surface area (Å²) >= 11 is 0. The maximum Gasteiger partial charge on any atom is 0.223 e. The van der Waals surface area contributed by atoms with Crippen molar-refractivity contribution in [2.75, 3.05) is 26.7 Å². The number of para-hydroxylation sites is 1. The number of aromatic nitrogens is 2. The van der Waals surface area contributed by atoms with Crippen molar-refractivity contribution < 1.29 is 9.53 Å². The molecule has 6 heteroatoms. The maximum absolute atomic E-state index is 13.4. The van der Waals surface area contributed by atoms with Crippen LogP contribution in [0.5, 0.6) is 5.75 Å². The number of benzene rings is 2. The average Bonchev–Trinajstić information content (AvgIpc) is 3.63. The average molecular weight is 501 g/mol. The van der Waals surface area contributed by atoms with Crippen LogP contribution in [-0.4, -0.2) is 52.2 Å². The van der Waals surface area contributed by atoms with Crippen LogP contribution in [0.15, 0.2) is 73.1 Å². The van der Waals surface area contributed by atoms with Gasteiger partial charge in [0.25, 0.3) is 0 Å². The Morgan fingerprint density at radius 2 is 1.68 bits per heavy atom. The third-order valence-corrected chi connectivity index (χ3v) is 8.18. The molecular weight excluding hydrogens is 460 g/mol. The fraction of sp³-hybridized carbons (Fsp3) is 0.484. The molecule has 6 nitrogen and oxygen atoms in total. The molecule has 0 spiro atoms.